The van der Waals surface area contributed by atoms with Crippen LogP contribution in [0.3, 0.4) is 0 Å². The van der Waals surface area contributed by atoms with E-state index < -0.39 is 6.04 Å². The maximum absolute atomic E-state index is 13.7. The van der Waals surface area contributed by atoms with Gasteiger partial charge in [-0.2, -0.15) is 0 Å². The number of hydrogen-bond acceptors (Lipinski definition) is 2. The Morgan fingerprint density at radius 3 is 2.21 bits per heavy atom. The van der Waals surface area contributed by atoms with Crippen molar-refractivity contribution in [2.75, 3.05) is 6.54 Å². The topological polar surface area (TPSA) is 49.4 Å². The second-order valence-corrected chi connectivity index (χ2v) is 10.1. The quantitative estimate of drug-likeness (QED) is 0.339. The SMILES string of the molecule is CC(C)CNC(=O)[C@H](Cc1ccccc1)N(Cc1ccc(Br)cc1)C(=O)Cc1ccccc1Cl. The third-order valence-electron chi connectivity index (χ3n) is 5.52. The number of hydrogen-bond donors (Lipinski definition) is 1. The molecule has 0 radical (unpaired) electrons. The van der Waals surface area contributed by atoms with Gasteiger partial charge in [0.05, 0.1) is 6.42 Å². The first-order valence-corrected chi connectivity index (χ1v) is 12.6. The van der Waals surface area contributed by atoms with Crippen molar-refractivity contribution in [2.24, 2.45) is 5.92 Å². The van der Waals surface area contributed by atoms with E-state index >= 15 is 0 Å². The highest BCUT2D eigenvalue weighted by molar-refractivity contribution is 9.10. The average molecular weight is 542 g/mol. The lowest BCUT2D eigenvalue weighted by Gasteiger charge is -2.32. The minimum atomic E-state index is -0.653. The standard InChI is InChI=1S/C28H30BrClN2O2/c1-20(2)18-31-28(34)26(16-21-8-4-3-5-9-21)32(19-22-12-14-24(29)15-13-22)27(33)17-23-10-6-7-11-25(23)30/h3-15,20,26H,16-19H2,1-2H3,(H,31,34)/t26-/m0/s1. The third kappa shape index (κ3) is 7.71. The Kier molecular flexibility index (Phi) is 9.73. The summed E-state index contributed by atoms with van der Waals surface area (Å²) in [5.41, 5.74) is 2.69. The molecular weight excluding hydrogens is 512 g/mol. The van der Waals surface area contributed by atoms with Crippen LogP contribution in [-0.4, -0.2) is 29.3 Å². The molecule has 0 aliphatic rings. The molecule has 0 aliphatic heterocycles. The Balaban J connectivity index is 1.96. The van der Waals surface area contributed by atoms with Crippen LogP contribution in [0.1, 0.15) is 30.5 Å². The molecule has 3 rings (SSSR count). The fourth-order valence-electron chi connectivity index (χ4n) is 3.67. The molecule has 0 spiro atoms. The van der Waals surface area contributed by atoms with Gasteiger partial charge in [-0.25, -0.2) is 0 Å². The van der Waals surface area contributed by atoms with Crippen LogP contribution in [0, 0.1) is 5.92 Å². The fourth-order valence-corrected chi connectivity index (χ4v) is 4.14. The number of benzene rings is 3. The molecule has 6 heteroatoms. The van der Waals surface area contributed by atoms with Gasteiger partial charge in [-0.05, 0) is 40.8 Å². The Bertz CT molecular complexity index is 1090. The molecule has 1 N–H and O–H groups in total. The van der Waals surface area contributed by atoms with Crippen LogP contribution >= 0.6 is 27.5 Å². The number of halogens is 2. The summed E-state index contributed by atoms with van der Waals surface area (Å²) in [6, 6.07) is 24.3. The van der Waals surface area contributed by atoms with E-state index in [0.717, 1.165) is 21.2 Å². The van der Waals surface area contributed by atoms with E-state index in [4.69, 9.17) is 11.6 Å². The highest BCUT2D eigenvalue weighted by atomic mass is 79.9. The maximum atomic E-state index is 13.7. The fraction of sp³-hybridized carbons (Fsp3) is 0.286. The predicted molar refractivity (Wildman–Crippen MR) is 142 cm³/mol. The van der Waals surface area contributed by atoms with Gasteiger partial charge in [-0.3, -0.25) is 9.59 Å². The van der Waals surface area contributed by atoms with Crippen molar-refractivity contribution in [1.82, 2.24) is 10.2 Å². The van der Waals surface area contributed by atoms with Gasteiger partial charge in [0.1, 0.15) is 6.04 Å². The van der Waals surface area contributed by atoms with Gasteiger partial charge in [0, 0.05) is 29.0 Å². The zero-order valence-electron chi connectivity index (χ0n) is 19.5. The third-order valence-corrected chi connectivity index (χ3v) is 6.42. The molecule has 0 bridgehead atoms. The van der Waals surface area contributed by atoms with Crippen molar-refractivity contribution in [1.29, 1.82) is 0 Å². The second-order valence-electron chi connectivity index (χ2n) is 8.76. The zero-order valence-corrected chi connectivity index (χ0v) is 21.9. The molecular formula is C28H30BrClN2O2. The molecule has 3 aromatic carbocycles. The highest BCUT2D eigenvalue weighted by Crippen LogP contribution is 2.21. The Hall–Kier alpha value is -2.63. The summed E-state index contributed by atoms with van der Waals surface area (Å²) >= 11 is 9.82. The van der Waals surface area contributed by atoms with Gasteiger partial charge in [-0.15, -0.1) is 0 Å². The summed E-state index contributed by atoms with van der Waals surface area (Å²) in [7, 11) is 0. The molecule has 0 fully saturated rings. The number of carbonyl (C=O) groups is 2. The normalized spacial score (nSPS) is 11.8. The molecule has 0 aliphatic carbocycles. The molecule has 0 unspecified atom stereocenters. The van der Waals surface area contributed by atoms with Crippen LogP contribution in [-0.2, 0) is 29.0 Å². The van der Waals surface area contributed by atoms with Crippen molar-refractivity contribution in [3.63, 3.8) is 0 Å². The van der Waals surface area contributed by atoms with E-state index in [1.54, 1.807) is 11.0 Å². The van der Waals surface area contributed by atoms with Gasteiger partial charge in [0.15, 0.2) is 0 Å². The molecule has 2 amide bonds. The monoisotopic (exact) mass is 540 g/mol. The van der Waals surface area contributed by atoms with E-state index in [9.17, 15) is 9.59 Å². The van der Waals surface area contributed by atoms with Crippen LogP contribution in [0.15, 0.2) is 83.3 Å². The molecule has 0 saturated carbocycles. The van der Waals surface area contributed by atoms with Crippen molar-refractivity contribution in [3.8, 4) is 0 Å². The first-order chi connectivity index (χ1) is 16.3. The highest BCUT2D eigenvalue weighted by Gasteiger charge is 2.30. The summed E-state index contributed by atoms with van der Waals surface area (Å²) in [6.45, 7) is 4.97. The number of rotatable bonds is 10. The summed E-state index contributed by atoms with van der Waals surface area (Å²) in [6.07, 6.45) is 0.550. The molecule has 0 heterocycles. The van der Waals surface area contributed by atoms with Crippen LogP contribution < -0.4 is 5.32 Å². The predicted octanol–water partition coefficient (Wildman–Crippen LogP) is 6.06. The van der Waals surface area contributed by atoms with Gasteiger partial charge in [0.25, 0.3) is 0 Å². The summed E-state index contributed by atoms with van der Waals surface area (Å²) in [4.78, 5) is 28.8. The largest absolute Gasteiger partial charge is 0.354 e. The molecule has 0 aromatic heterocycles. The van der Waals surface area contributed by atoms with Crippen LogP contribution in [0.5, 0.6) is 0 Å². The van der Waals surface area contributed by atoms with Crippen molar-refractivity contribution in [2.45, 2.75) is 39.3 Å². The number of carbonyl (C=O) groups excluding carboxylic acids is 2. The summed E-state index contributed by atoms with van der Waals surface area (Å²) in [5.74, 6) is 0.0129. The Labute approximate surface area is 215 Å². The number of nitrogens with one attached hydrogen (secondary N) is 1. The van der Waals surface area contributed by atoms with Crippen molar-refractivity contribution in [3.05, 3.63) is 105 Å². The molecule has 3 aromatic rings. The van der Waals surface area contributed by atoms with Gasteiger partial charge < -0.3 is 10.2 Å². The smallest absolute Gasteiger partial charge is 0.243 e. The van der Waals surface area contributed by atoms with Crippen LogP contribution in [0.25, 0.3) is 0 Å². The minimum absolute atomic E-state index is 0.124. The van der Waals surface area contributed by atoms with E-state index in [1.165, 1.54) is 0 Å². The lowest BCUT2D eigenvalue weighted by molar-refractivity contribution is -0.140. The van der Waals surface area contributed by atoms with E-state index in [-0.39, 0.29) is 18.2 Å². The summed E-state index contributed by atoms with van der Waals surface area (Å²) < 4.78 is 0.959. The number of amides is 2. The summed E-state index contributed by atoms with van der Waals surface area (Å²) in [5, 5.41) is 3.59. The molecule has 1 atom stereocenters. The van der Waals surface area contributed by atoms with Crippen molar-refractivity contribution >= 4 is 39.3 Å². The maximum Gasteiger partial charge on any atom is 0.243 e. The molecule has 178 valence electrons. The average Bonchev–Trinajstić information content (AvgIpc) is 2.83. The zero-order chi connectivity index (χ0) is 24.5. The Morgan fingerprint density at radius 2 is 1.56 bits per heavy atom. The minimum Gasteiger partial charge on any atom is -0.354 e. The van der Waals surface area contributed by atoms with Gasteiger partial charge in [0.2, 0.25) is 11.8 Å². The van der Waals surface area contributed by atoms with Crippen LogP contribution in [0.2, 0.25) is 5.02 Å². The molecule has 4 nitrogen and oxygen atoms in total. The molecule has 0 saturated heterocycles. The first kappa shape index (κ1) is 26.0. The van der Waals surface area contributed by atoms with E-state index in [0.29, 0.717) is 30.5 Å². The van der Waals surface area contributed by atoms with Crippen molar-refractivity contribution < 1.29 is 9.59 Å². The van der Waals surface area contributed by atoms with Gasteiger partial charge in [-0.1, -0.05) is 102 Å². The lowest BCUT2D eigenvalue weighted by Crippen LogP contribution is -2.51. The Morgan fingerprint density at radius 1 is 0.912 bits per heavy atom. The van der Waals surface area contributed by atoms with E-state index in [1.807, 2.05) is 72.8 Å². The van der Waals surface area contributed by atoms with Crippen LogP contribution in [0.4, 0.5) is 0 Å². The first-order valence-electron chi connectivity index (χ1n) is 11.4. The number of nitrogens with zero attached hydrogens (tertiary/aromatic N) is 1. The lowest BCUT2D eigenvalue weighted by atomic mass is 10.0. The molecule has 34 heavy (non-hydrogen) atoms. The second kappa shape index (κ2) is 12.7. The van der Waals surface area contributed by atoms with E-state index in [2.05, 4.69) is 35.1 Å². The van der Waals surface area contributed by atoms with Gasteiger partial charge >= 0.3 is 0 Å².